The lowest BCUT2D eigenvalue weighted by Gasteiger charge is -1.99. The number of furan rings is 1. The zero-order valence-electron chi connectivity index (χ0n) is 9.90. The molecule has 0 amide bonds. The molecule has 1 heterocycles. The molecule has 0 bridgehead atoms. The molecule has 0 unspecified atom stereocenters. The van der Waals surface area contributed by atoms with Crippen molar-refractivity contribution in [3.63, 3.8) is 0 Å². The maximum Gasteiger partial charge on any atom is 0.128 e. The molecular weight excluding hydrogens is 210 g/mol. The predicted octanol–water partition coefficient (Wildman–Crippen LogP) is 3.96. The summed E-state index contributed by atoms with van der Waals surface area (Å²) >= 11 is 0. The summed E-state index contributed by atoms with van der Waals surface area (Å²) in [5, 5.41) is 9.16. The number of nitrogens with zero attached hydrogens (tertiary/aromatic N) is 1. The van der Waals surface area contributed by atoms with Crippen LogP contribution in [0.4, 0.5) is 0 Å². The van der Waals surface area contributed by atoms with Crippen molar-refractivity contribution < 1.29 is 4.42 Å². The average molecular weight is 223 g/mol. The zero-order valence-corrected chi connectivity index (χ0v) is 9.90. The first-order valence-corrected chi connectivity index (χ1v) is 5.44. The maximum atomic E-state index is 9.16. The molecule has 2 heteroatoms. The van der Waals surface area contributed by atoms with Gasteiger partial charge >= 0.3 is 0 Å². The lowest BCUT2D eigenvalue weighted by molar-refractivity contribution is 0.525. The minimum absolute atomic E-state index is 0.611. The minimum atomic E-state index is 0.611. The Kier molecular flexibility index (Phi) is 3.11. The fraction of sp³-hybridized carbons (Fsp3) is 0.133. The molecule has 0 fully saturated rings. The molecule has 17 heavy (non-hydrogen) atoms. The van der Waals surface area contributed by atoms with E-state index in [0.717, 1.165) is 11.3 Å². The van der Waals surface area contributed by atoms with Crippen molar-refractivity contribution in [1.82, 2.24) is 0 Å². The van der Waals surface area contributed by atoms with Crippen molar-refractivity contribution >= 4 is 11.6 Å². The first-order valence-electron chi connectivity index (χ1n) is 5.44. The monoisotopic (exact) mass is 223 g/mol. The Morgan fingerprint density at radius 3 is 2.35 bits per heavy atom. The maximum absolute atomic E-state index is 9.16. The highest BCUT2D eigenvalue weighted by Gasteiger charge is 2.02. The lowest BCUT2D eigenvalue weighted by Crippen LogP contribution is -1.81. The van der Waals surface area contributed by atoms with Crippen molar-refractivity contribution in [2.24, 2.45) is 0 Å². The molecule has 2 aromatic rings. The first-order chi connectivity index (χ1) is 8.19. The second-order valence-electron chi connectivity index (χ2n) is 3.98. The molecule has 84 valence electrons. The van der Waals surface area contributed by atoms with Crippen LogP contribution >= 0.6 is 0 Å². The number of hydrogen-bond donors (Lipinski definition) is 0. The van der Waals surface area contributed by atoms with Crippen LogP contribution in [-0.4, -0.2) is 0 Å². The molecule has 1 aromatic heterocycles. The van der Waals surface area contributed by atoms with E-state index in [4.69, 9.17) is 9.68 Å². The van der Waals surface area contributed by atoms with E-state index in [-0.39, 0.29) is 0 Å². The van der Waals surface area contributed by atoms with E-state index >= 15 is 0 Å². The highest BCUT2D eigenvalue weighted by molar-refractivity contribution is 5.88. The van der Waals surface area contributed by atoms with Crippen LogP contribution < -0.4 is 0 Å². The third kappa shape index (κ3) is 2.64. The molecule has 0 spiro atoms. The molecule has 2 rings (SSSR count). The molecule has 0 aliphatic heterocycles. The zero-order chi connectivity index (χ0) is 12.3. The average Bonchev–Trinajstić information content (AvgIpc) is 2.73. The molecule has 2 nitrogen and oxygen atoms in total. The van der Waals surface area contributed by atoms with Gasteiger partial charge in [0.15, 0.2) is 0 Å². The molecule has 0 saturated heterocycles. The summed E-state index contributed by atoms with van der Waals surface area (Å²) in [4.78, 5) is 0. The van der Waals surface area contributed by atoms with E-state index in [1.807, 2.05) is 50.2 Å². The number of nitriles is 1. The normalized spacial score (nSPS) is 11.2. The Balaban J connectivity index is 2.37. The summed E-state index contributed by atoms with van der Waals surface area (Å²) in [6.45, 7) is 3.91. The Labute approximate surface area is 101 Å². The van der Waals surface area contributed by atoms with Crippen molar-refractivity contribution in [2.75, 3.05) is 0 Å². The number of rotatable bonds is 2. The van der Waals surface area contributed by atoms with Gasteiger partial charge in [-0.2, -0.15) is 5.26 Å². The second kappa shape index (κ2) is 4.71. The summed E-state index contributed by atoms with van der Waals surface area (Å²) in [7, 11) is 0. The van der Waals surface area contributed by atoms with Gasteiger partial charge in [-0.05, 0) is 37.6 Å². The number of aryl methyl sites for hydroxylation is 2. The number of allylic oxidation sites excluding steroid dienone is 1. The van der Waals surface area contributed by atoms with E-state index in [9.17, 15) is 0 Å². The molecule has 0 N–H and O–H groups in total. The van der Waals surface area contributed by atoms with Crippen LogP contribution in [-0.2, 0) is 0 Å². The fourth-order valence-corrected chi connectivity index (χ4v) is 1.59. The Morgan fingerprint density at radius 2 is 1.82 bits per heavy atom. The van der Waals surface area contributed by atoms with Crippen LogP contribution in [0, 0.1) is 25.2 Å². The molecular formula is C15H13NO. The second-order valence-corrected chi connectivity index (χ2v) is 3.98. The lowest BCUT2D eigenvalue weighted by atomic mass is 10.0. The van der Waals surface area contributed by atoms with Gasteiger partial charge in [-0.15, -0.1) is 0 Å². The highest BCUT2D eigenvalue weighted by Crippen LogP contribution is 2.19. The summed E-state index contributed by atoms with van der Waals surface area (Å²) < 4.78 is 5.43. The molecule has 0 radical (unpaired) electrons. The number of hydrogen-bond acceptors (Lipinski definition) is 2. The third-order valence-corrected chi connectivity index (χ3v) is 2.53. The van der Waals surface area contributed by atoms with E-state index in [1.54, 1.807) is 6.08 Å². The molecule has 0 aliphatic rings. The number of benzene rings is 1. The largest absolute Gasteiger partial charge is 0.462 e. The standard InChI is InChI=1S/C15H13NO/c1-11-3-6-13(7-4-11)14(10-16)9-15-8-5-12(2)17-15/h3-9H,1-2H3. The first kappa shape index (κ1) is 11.2. The summed E-state index contributed by atoms with van der Waals surface area (Å²) in [5.41, 5.74) is 2.70. The van der Waals surface area contributed by atoms with Gasteiger partial charge in [0.05, 0.1) is 11.6 Å². The van der Waals surface area contributed by atoms with Crippen molar-refractivity contribution in [3.05, 3.63) is 59.0 Å². The predicted molar refractivity (Wildman–Crippen MR) is 68.1 cm³/mol. The van der Waals surface area contributed by atoms with Crippen LogP contribution in [0.1, 0.15) is 22.6 Å². The van der Waals surface area contributed by atoms with Gasteiger partial charge < -0.3 is 4.42 Å². The van der Waals surface area contributed by atoms with Gasteiger partial charge in [-0.25, -0.2) is 0 Å². The molecule has 0 aliphatic carbocycles. The molecule has 1 aromatic carbocycles. The van der Waals surface area contributed by atoms with E-state index in [1.165, 1.54) is 5.56 Å². The van der Waals surface area contributed by atoms with Gasteiger partial charge in [0.1, 0.15) is 11.5 Å². The van der Waals surface area contributed by atoms with E-state index < -0.39 is 0 Å². The van der Waals surface area contributed by atoms with Crippen molar-refractivity contribution in [2.45, 2.75) is 13.8 Å². The van der Waals surface area contributed by atoms with Gasteiger partial charge in [-0.1, -0.05) is 29.8 Å². The van der Waals surface area contributed by atoms with Crippen molar-refractivity contribution in [1.29, 1.82) is 5.26 Å². The van der Waals surface area contributed by atoms with E-state index in [0.29, 0.717) is 11.3 Å². The summed E-state index contributed by atoms with van der Waals surface area (Å²) in [5.74, 6) is 1.55. The van der Waals surface area contributed by atoms with Crippen molar-refractivity contribution in [3.8, 4) is 6.07 Å². The van der Waals surface area contributed by atoms with Crippen LogP contribution in [0.15, 0.2) is 40.8 Å². The molecule has 0 atom stereocenters. The Morgan fingerprint density at radius 1 is 1.12 bits per heavy atom. The SMILES string of the molecule is Cc1ccc(C(C#N)=Cc2ccc(C)o2)cc1. The van der Waals surface area contributed by atoms with Crippen LogP contribution in [0.5, 0.6) is 0 Å². The summed E-state index contributed by atoms with van der Waals surface area (Å²) in [6, 6.07) is 13.8. The summed E-state index contributed by atoms with van der Waals surface area (Å²) in [6.07, 6.45) is 1.76. The smallest absolute Gasteiger partial charge is 0.128 e. The van der Waals surface area contributed by atoms with Gasteiger partial charge in [-0.3, -0.25) is 0 Å². The fourth-order valence-electron chi connectivity index (χ4n) is 1.59. The van der Waals surface area contributed by atoms with Gasteiger partial charge in [0.2, 0.25) is 0 Å². The van der Waals surface area contributed by atoms with Gasteiger partial charge in [0.25, 0.3) is 0 Å². The van der Waals surface area contributed by atoms with Crippen LogP contribution in [0.3, 0.4) is 0 Å². The topological polar surface area (TPSA) is 36.9 Å². The third-order valence-electron chi connectivity index (χ3n) is 2.53. The van der Waals surface area contributed by atoms with Gasteiger partial charge in [0, 0.05) is 0 Å². The van der Waals surface area contributed by atoms with Crippen LogP contribution in [0.25, 0.3) is 11.6 Å². The van der Waals surface area contributed by atoms with E-state index in [2.05, 4.69) is 6.07 Å². The Hall–Kier alpha value is -2.27. The Bertz CT molecular complexity index is 582. The van der Waals surface area contributed by atoms with Crippen LogP contribution in [0.2, 0.25) is 0 Å². The quantitative estimate of drug-likeness (QED) is 0.722. The highest BCUT2D eigenvalue weighted by atomic mass is 16.3. The minimum Gasteiger partial charge on any atom is -0.462 e. The molecule has 0 saturated carbocycles.